The van der Waals surface area contributed by atoms with Crippen molar-refractivity contribution in [3.63, 3.8) is 0 Å². The molecule has 0 unspecified atom stereocenters. The number of benzene rings is 2. The molecule has 0 aliphatic carbocycles. The zero-order valence-electron chi connectivity index (χ0n) is 16.2. The van der Waals surface area contributed by atoms with Gasteiger partial charge in [0.1, 0.15) is 0 Å². The maximum absolute atomic E-state index is 12.9. The number of hydrogen-bond acceptors (Lipinski definition) is 6. The van der Waals surface area contributed by atoms with Crippen LogP contribution in [0.4, 0.5) is 5.69 Å². The van der Waals surface area contributed by atoms with E-state index in [0.29, 0.717) is 53.8 Å². The standard InChI is InChI=1S/C21H19ClN4O4/c1-13-17(3-2-4-18(13)26(28)29)21(27)25-11-9-15(10-12-25)20-23-19(24-30-20)14-5-7-16(22)8-6-14/h2-8,15H,9-12H2,1H3. The fourth-order valence-electron chi connectivity index (χ4n) is 3.67. The van der Waals surface area contributed by atoms with Crippen LogP contribution in [-0.4, -0.2) is 39.0 Å². The molecule has 4 rings (SSSR count). The van der Waals surface area contributed by atoms with Gasteiger partial charge in [0.05, 0.1) is 4.92 Å². The Hall–Kier alpha value is -3.26. The number of hydrogen-bond donors (Lipinski definition) is 0. The van der Waals surface area contributed by atoms with Gasteiger partial charge in [-0.15, -0.1) is 0 Å². The Labute approximate surface area is 177 Å². The van der Waals surface area contributed by atoms with Crippen LogP contribution < -0.4 is 0 Å². The third kappa shape index (κ3) is 3.91. The van der Waals surface area contributed by atoms with E-state index in [9.17, 15) is 14.9 Å². The molecular formula is C21H19ClN4O4. The fraction of sp³-hybridized carbons (Fsp3) is 0.286. The van der Waals surface area contributed by atoms with Crippen LogP contribution in [0.3, 0.4) is 0 Å². The zero-order valence-corrected chi connectivity index (χ0v) is 17.0. The minimum atomic E-state index is -0.466. The molecule has 30 heavy (non-hydrogen) atoms. The van der Waals surface area contributed by atoms with Crippen molar-refractivity contribution in [1.82, 2.24) is 15.0 Å². The Morgan fingerprint density at radius 3 is 2.57 bits per heavy atom. The number of likely N-dealkylation sites (tertiary alicyclic amines) is 1. The number of nitrogens with zero attached hydrogens (tertiary/aromatic N) is 4. The summed E-state index contributed by atoms with van der Waals surface area (Å²) in [4.78, 5) is 29.8. The molecule has 1 saturated heterocycles. The van der Waals surface area contributed by atoms with Crippen LogP contribution in [0.5, 0.6) is 0 Å². The first kappa shape index (κ1) is 20.0. The first-order chi connectivity index (χ1) is 14.4. The Morgan fingerprint density at radius 1 is 1.20 bits per heavy atom. The van der Waals surface area contributed by atoms with Crippen molar-refractivity contribution in [2.75, 3.05) is 13.1 Å². The normalized spacial score (nSPS) is 14.7. The summed E-state index contributed by atoms with van der Waals surface area (Å²) in [5.74, 6) is 0.932. The molecule has 1 amide bonds. The Bertz CT molecular complexity index is 1090. The summed E-state index contributed by atoms with van der Waals surface area (Å²) in [6.45, 7) is 2.64. The molecule has 3 aromatic rings. The van der Waals surface area contributed by atoms with Crippen LogP contribution in [0.15, 0.2) is 47.0 Å². The molecule has 2 heterocycles. The lowest BCUT2D eigenvalue weighted by Crippen LogP contribution is -2.38. The van der Waals surface area contributed by atoms with Crippen molar-refractivity contribution in [3.05, 3.63) is 74.6 Å². The molecule has 154 valence electrons. The average molecular weight is 427 g/mol. The quantitative estimate of drug-likeness (QED) is 0.445. The van der Waals surface area contributed by atoms with Crippen molar-refractivity contribution in [1.29, 1.82) is 0 Å². The van der Waals surface area contributed by atoms with Crippen LogP contribution in [0.2, 0.25) is 5.02 Å². The molecule has 0 N–H and O–H groups in total. The second-order valence-electron chi connectivity index (χ2n) is 7.24. The number of halogens is 1. The number of piperidine rings is 1. The summed E-state index contributed by atoms with van der Waals surface area (Å²) in [6.07, 6.45) is 1.37. The van der Waals surface area contributed by atoms with Crippen molar-refractivity contribution in [2.24, 2.45) is 0 Å². The first-order valence-corrected chi connectivity index (χ1v) is 9.94. The minimum absolute atomic E-state index is 0.0451. The predicted octanol–water partition coefficient (Wildman–Crippen LogP) is 4.63. The lowest BCUT2D eigenvalue weighted by Gasteiger charge is -2.30. The maximum atomic E-state index is 12.9. The van der Waals surface area contributed by atoms with E-state index in [1.54, 1.807) is 36.1 Å². The summed E-state index contributed by atoms with van der Waals surface area (Å²) >= 11 is 5.91. The summed E-state index contributed by atoms with van der Waals surface area (Å²) in [5, 5.41) is 15.8. The van der Waals surface area contributed by atoms with Crippen LogP contribution in [0.25, 0.3) is 11.4 Å². The maximum Gasteiger partial charge on any atom is 0.273 e. The van der Waals surface area contributed by atoms with Gasteiger partial charge < -0.3 is 9.42 Å². The highest BCUT2D eigenvalue weighted by molar-refractivity contribution is 6.30. The summed E-state index contributed by atoms with van der Waals surface area (Å²) in [6, 6.07) is 11.8. The van der Waals surface area contributed by atoms with Gasteiger partial charge in [-0.3, -0.25) is 14.9 Å². The number of rotatable bonds is 4. The highest BCUT2D eigenvalue weighted by atomic mass is 35.5. The predicted molar refractivity (Wildman–Crippen MR) is 110 cm³/mol. The Balaban J connectivity index is 1.43. The second-order valence-corrected chi connectivity index (χ2v) is 7.67. The number of aromatic nitrogens is 2. The van der Waals surface area contributed by atoms with E-state index in [2.05, 4.69) is 10.1 Å². The molecule has 8 nitrogen and oxygen atoms in total. The van der Waals surface area contributed by atoms with Gasteiger partial charge in [0.15, 0.2) is 0 Å². The summed E-state index contributed by atoms with van der Waals surface area (Å²) < 4.78 is 5.46. The molecule has 9 heteroatoms. The van der Waals surface area contributed by atoms with Crippen molar-refractivity contribution < 1.29 is 14.2 Å². The fourth-order valence-corrected chi connectivity index (χ4v) is 3.80. The third-order valence-corrected chi connectivity index (χ3v) is 5.66. The van der Waals surface area contributed by atoms with Gasteiger partial charge in [-0.1, -0.05) is 22.8 Å². The van der Waals surface area contributed by atoms with Gasteiger partial charge in [0.2, 0.25) is 11.7 Å². The smallest absolute Gasteiger partial charge is 0.273 e. The molecular weight excluding hydrogens is 408 g/mol. The zero-order chi connectivity index (χ0) is 21.3. The van der Waals surface area contributed by atoms with E-state index >= 15 is 0 Å². The average Bonchev–Trinajstić information content (AvgIpc) is 3.24. The number of nitro benzene ring substituents is 1. The number of nitro groups is 1. The molecule has 1 fully saturated rings. The van der Waals surface area contributed by atoms with Gasteiger partial charge in [-0.05, 0) is 50.1 Å². The second kappa shape index (κ2) is 8.23. The van der Waals surface area contributed by atoms with Crippen molar-refractivity contribution >= 4 is 23.2 Å². The van der Waals surface area contributed by atoms with Gasteiger partial charge in [0.25, 0.3) is 11.6 Å². The molecule has 1 aromatic heterocycles. The molecule has 0 atom stereocenters. The SMILES string of the molecule is Cc1c(C(=O)N2CCC(c3nc(-c4ccc(Cl)cc4)no3)CC2)cccc1[N+](=O)[O-]. The lowest BCUT2D eigenvalue weighted by molar-refractivity contribution is -0.385. The monoisotopic (exact) mass is 426 g/mol. The van der Waals surface area contributed by atoms with E-state index in [1.807, 2.05) is 12.1 Å². The van der Waals surface area contributed by atoms with Crippen molar-refractivity contribution in [2.45, 2.75) is 25.7 Å². The van der Waals surface area contributed by atoms with Crippen LogP contribution in [-0.2, 0) is 0 Å². The molecule has 0 spiro atoms. The number of carbonyl (C=O) groups excluding carboxylic acids is 1. The molecule has 2 aromatic carbocycles. The molecule has 0 radical (unpaired) electrons. The summed E-state index contributed by atoms with van der Waals surface area (Å²) in [5.41, 5.74) is 1.53. The summed E-state index contributed by atoms with van der Waals surface area (Å²) in [7, 11) is 0. The van der Waals surface area contributed by atoms with E-state index in [-0.39, 0.29) is 17.5 Å². The van der Waals surface area contributed by atoms with Gasteiger partial charge in [-0.2, -0.15) is 4.98 Å². The highest BCUT2D eigenvalue weighted by Crippen LogP contribution is 2.30. The lowest BCUT2D eigenvalue weighted by atomic mass is 9.95. The third-order valence-electron chi connectivity index (χ3n) is 5.41. The van der Waals surface area contributed by atoms with E-state index < -0.39 is 4.92 Å². The van der Waals surface area contributed by atoms with Gasteiger partial charge in [0, 0.05) is 46.8 Å². The molecule has 1 aliphatic rings. The van der Waals surface area contributed by atoms with Crippen molar-refractivity contribution in [3.8, 4) is 11.4 Å². The number of amides is 1. The topological polar surface area (TPSA) is 102 Å². The Kier molecular flexibility index (Phi) is 5.50. The largest absolute Gasteiger partial charge is 0.339 e. The van der Waals surface area contributed by atoms with Gasteiger partial charge >= 0.3 is 0 Å². The molecule has 0 bridgehead atoms. The van der Waals surface area contributed by atoms with Crippen LogP contribution >= 0.6 is 11.6 Å². The van der Waals surface area contributed by atoms with Crippen LogP contribution in [0.1, 0.15) is 40.6 Å². The molecule has 0 saturated carbocycles. The van der Waals surface area contributed by atoms with E-state index in [1.165, 1.54) is 6.07 Å². The molecule has 1 aliphatic heterocycles. The van der Waals surface area contributed by atoms with E-state index in [4.69, 9.17) is 16.1 Å². The van der Waals surface area contributed by atoms with Gasteiger partial charge in [-0.25, -0.2) is 0 Å². The Morgan fingerprint density at radius 2 is 1.90 bits per heavy atom. The van der Waals surface area contributed by atoms with Crippen LogP contribution in [0, 0.1) is 17.0 Å². The first-order valence-electron chi connectivity index (χ1n) is 9.57. The van der Waals surface area contributed by atoms with E-state index in [0.717, 1.165) is 5.56 Å². The highest BCUT2D eigenvalue weighted by Gasteiger charge is 2.29. The minimum Gasteiger partial charge on any atom is -0.339 e. The number of carbonyl (C=O) groups is 1.